The van der Waals surface area contributed by atoms with Gasteiger partial charge in [0.15, 0.2) is 0 Å². The summed E-state index contributed by atoms with van der Waals surface area (Å²) in [5, 5.41) is -0.425. The van der Waals surface area contributed by atoms with Gasteiger partial charge in [-0.3, -0.25) is 9.59 Å². The van der Waals surface area contributed by atoms with Gasteiger partial charge in [-0.15, -0.1) is 0 Å². The second-order valence-electron chi connectivity index (χ2n) is 4.23. The molecule has 0 aliphatic carbocycles. The Labute approximate surface area is 105 Å². The molecule has 1 fully saturated rings. The highest BCUT2D eigenvalue weighted by molar-refractivity contribution is 6.64. The minimum atomic E-state index is -0.425. The van der Waals surface area contributed by atoms with Crippen LogP contribution in [0.2, 0.25) is 0 Å². The Kier molecular flexibility index (Phi) is 3.48. The minimum Gasteiger partial charge on any atom is -0.312 e. The van der Waals surface area contributed by atoms with E-state index in [9.17, 15) is 9.59 Å². The first kappa shape index (κ1) is 12.1. The molecule has 1 unspecified atom stereocenters. The molecular formula is C13H14ClNO2. The van der Waals surface area contributed by atoms with Crippen LogP contribution in [0.3, 0.4) is 0 Å². The lowest BCUT2D eigenvalue weighted by atomic mass is 10.1. The van der Waals surface area contributed by atoms with Crippen LogP contribution in [-0.2, 0) is 16.0 Å². The second-order valence-corrected chi connectivity index (χ2v) is 4.60. The van der Waals surface area contributed by atoms with E-state index < -0.39 is 5.24 Å². The second kappa shape index (κ2) is 4.88. The summed E-state index contributed by atoms with van der Waals surface area (Å²) in [7, 11) is 0. The molecule has 1 aliphatic heterocycles. The average molecular weight is 252 g/mol. The van der Waals surface area contributed by atoms with Crippen LogP contribution in [0.25, 0.3) is 0 Å². The molecule has 3 nitrogen and oxygen atoms in total. The summed E-state index contributed by atoms with van der Waals surface area (Å²) in [4.78, 5) is 24.4. The first-order valence-electron chi connectivity index (χ1n) is 5.70. The Morgan fingerprint density at radius 2 is 2.06 bits per heavy atom. The molecule has 1 aromatic carbocycles. The smallest absolute Gasteiger partial charge is 0.227 e. The van der Waals surface area contributed by atoms with E-state index in [-0.39, 0.29) is 18.2 Å². The molecule has 0 aromatic heterocycles. The van der Waals surface area contributed by atoms with Crippen LogP contribution in [0.15, 0.2) is 24.3 Å². The quantitative estimate of drug-likeness (QED) is 0.774. The van der Waals surface area contributed by atoms with Crippen molar-refractivity contribution in [3.63, 3.8) is 0 Å². The fraction of sp³-hybridized carbons (Fsp3) is 0.385. The molecule has 4 heteroatoms. The molecule has 1 aliphatic rings. The molecule has 17 heavy (non-hydrogen) atoms. The molecule has 1 aromatic rings. The third-order valence-electron chi connectivity index (χ3n) is 3.10. The van der Waals surface area contributed by atoms with Gasteiger partial charge in [-0.05, 0) is 35.7 Å². The monoisotopic (exact) mass is 251 g/mol. The van der Waals surface area contributed by atoms with E-state index in [0.717, 1.165) is 12.1 Å². The van der Waals surface area contributed by atoms with Crippen molar-refractivity contribution in [3.8, 4) is 0 Å². The number of hydrogen-bond acceptors (Lipinski definition) is 2. The molecule has 1 saturated heterocycles. The number of amides is 1. The zero-order valence-electron chi connectivity index (χ0n) is 9.65. The van der Waals surface area contributed by atoms with Gasteiger partial charge in [0.2, 0.25) is 11.1 Å². The van der Waals surface area contributed by atoms with E-state index in [1.165, 1.54) is 5.56 Å². The molecule has 1 atom stereocenters. The molecule has 0 spiro atoms. The minimum absolute atomic E-state index is 0.0340. The van der Waals surface area contributed by atoms with Crippen molar-refractivity contribution < 1.29 is 9.59 Å². The first-order valence-corrected chi connectivity index (χ1v) is 6.08. The van der Waals surface area contributed by atoms with Crippen molar-refractivity contribution in [2.45, 2.75) is 19.8 Å². The zero-order valence-corrected chi connectivity index (χ0v) is 10.4. The molecule has 0 N–H and O–H groups in total. The van der Waals surface area contributed by atoms with Crippen LogP contribution in [-0.4, -0.2) is 17.7 Å². The Morgan fingerprint density at radius 1 is 1.41 bits per heavy atom. The topological polar surface area (TPSA) is 37.4 Å². The molecule has 1 heterocycles. The van der Waals surface area contributed by atoms with E-state index in [1.54, 1.807) is 4.90 Å². The SMILES string of the molecule is CCc1ccc(N2CC(C(=O)Cl)CC2=O)cc1. The Bertz CT molecular complexity index is 441. The van der Waals surface area contributed by atoms with Gasteiger partial charge < -0.3 is 4.90 Å². The number of nitrogens with zero attached hydrogens (tertiary/aromatic N) is 1. The van der Waals surface area contributed by atoms with Gasteiger partial charge in [0.1, 0.15) is 0 Å². The maximum Gasteiger partial charge on any atom is 0.227 e. The number of carbonyl (C=O) groups is 2. The maximum atomic E-state index is 11.8. The fourth-order valence-electron chi connectivity index (χ4n) is 2.02. The standard InChI is InChI=1S/C13H14ClNO2/c1-2-9-3-5-11(6-4-9)15-8-10(13(14)17)7-12(15)16/h3-6,10H,2,7-8H2,1H3. The lowest BCUT2D eigenvalue weighted by Gasteiger charge is -2.16. The van der Waals surface area contributed by atoms with Crippen molar-refractivity contribution >= 4 is 28.4 Å². The van der Waals surface area contributed by atoms with Crippen LogP contribution >= 0.6 is 11.6 Å². The van der Waals surface area contributed by atoms with Crippen LogP contribution < -0.4 is 4.90 Å². The average Bonchev–Trinajstić information content (AvgIpc) is 2.72. The molecule has 0 bridgehead atoms. The summed E-state index contributed by atoms with van der Waals surface area (Å²) in [6.45, 7) is 2.48. The number of aryl methyl sites for hydroxylation is 1. The van der Waals surface area contributed by atoms with Crippen LogP contribution in [0.4, 0.5) is 5.69 Å². The molecule has 1 amide bonds. The predicted molar refractivity (Wildman–Crippen MR) is 67.1 cm³/mol. The third kappa shape index (κ3) is 2.50. The van der Waals surface area contributed by atoms with E-state index in [2.05, 4.69) is 6.92 Å². The number of carbonyl (C=O) groups excluding carboxylic acids is 2. The van der Waals surface area contributed by atoms with Gasteiger partial charge in [0.25, 0.3) is 0 Å². The van der Waals surface area contributed by atoms with E-state index in [1.807, 2.05) is 24.3 Å². The number of anilines is 1. The van der Waals surface area contributed by atoms with Crippen molar-refractivity contribution in [1.29, 1.82) is 0 Å². The van der Waals surface area contributed by atoms with E-state index in [0.29, 0.717) is 6.54 Å². The van der Waals surface area contributed by atoms with E-state index >= 15 is 0 Å². The number of hydrogen-bond donors (Lipinski definition) is 0. The summed E-state index contributed by atoms with van der Waals surface area (Å²) in [6.07, 6.45) is 1.19. The van der Waals surface area contributed by atoms with Crippen molar-refractivity contribution in [2.24, 2.45) is 5.92 Å². The fourth-order valence-corrected chi connectivity index (χ4v) is 2.17. The van der Waals surface area contributed by atoms with Gasteiger partial charge in [-0.25, -0.2) is 0 Å². The van der Waals surface area contributed by atoms with Crippen LogP contribution in [0.1, 0.15) is 18.9 Å². The summed E-state index contributed by atoms with van der Waals surface area (Å²) in [5.41, 5.74) is 2.07. The summed E-state index contributed by atoms with van der Waals surface area (Å²) < 4.78 is 0. The number of rotatable bonds is 3. The highest BCUT2D eigenvalue weighted by Crippen LogP contribution is 2.26. The molecule has 90 valence electrons. The van der Waals surface area contributed by atoms with Crippen LogP contribution in [0.5, 0.6) is 0 Å². The maximum absolute atomic E-state index is 11.8. The van der Waals surface area contributed by atoms with Crippen molar-refractivity contribution in [1.82, 2.24) is 0 Å². The molecule has 0 saturated carbocycles. The number of benzene rings is 1. The summed E-state index contributed by atoms with van der Waals surface area (Å²) in [5.74, 6) is -0.400. The van der Waals surface area contributed by atoms with Gasteiger partial charge in [0.05, 0.1) is 5.92 Å². The lowest BCUT2D eigenvalue weighted by molar-refractivity contribution is -0.120. The number of halogens is 1. The lowest BCUT2D eigenvalue weighted by Crippen LogP contribution is -2.25. The largest absolute Gasteiger partial charge is 0.312 e. The Balaban J connectivity index is 2.17. The summed E-state index contributed by atoms with van der Waals surface area (Å²) in [6, 6.07) is 7.83. The Morgan fingerprint density at radius 3 is 2.53 bits per heavy atom. The van der Waals surface area contributed by atoms with Gasteiger partial charge >= 0.3 is 0 Å². The van der Waals surface area contributed by atoms with Gasteiger partial charge in [-0.2, -0.15) is 0 Å². The van der Waals surface area contributed by atoms with Gasteiger partial charge in [0, 0.05) is 18.7 Å². The van der Waals surface area contributed by atoms with Crippen LogP contribution in [0, 0.1) is 5.92 Å². The molecule has 2 rings (SSSR count). The first-order chi connectivity index (χ1) is 8.11. The van der Waals surface area contributed by atoms with Crippen molar-refractivity contribution in [3.05, 3.63) is 29.8 Å². The zero-order chi connectivity index (χ0) is 12.4. The van der Waals surface area contributed by atoms with Crippen molar-refractivity contribution in [2.75, 3.05) is 11.4 Å². The Hall–Kier alpha value is -1.35. The highest BCUT2D eigenvalue weighted by Gasteiger charge is 2.34. The normalized spacial score (nSPS) is 19.8. The summed E-state index contributed by atoms with van der Waals surface area (Å²) >= 11 is 5.43. The third-order valence-corrected chi connectivity index (χ3v) is 3.41. The molecule has 0 radical (unpaired) electrons. The predicted octanol–water partition coefficient (Wildman–Crippen LogP) is 2.37. The highest BCUT2D eigenvalue weighted by atomic mass is 35.5. The molecular weight excluding hydrogens is 238 g/mol. The van der Waals surface area contributed by atoms with Gasteiger partial charge in [-0.1, -0.05) is 19.1 Å². The van der Waals surface area contributed by atoms with E-state index in [4.69, 9.17) is 11.6 Å².